The van der Waals surface area contributed by atoms with Crippen molar-refractivity contribution in [1.29, 1.82) is 0 Å². The molecule has 3 heterocycles. The lowest BCUT2D eigenvalue weighted by Crippen LogP contribution is -2.40. The second kappa shape index (κ2) is 12.9. The second-order valence-electron chi connectivity index (χ2n) is 11.5. The molecule has 1 N–H and O–H groups in total. The fourth-order valence-electron chi connectivity index (χ4n) is 6.02. The number of hydrogen-bond acceptors (Lipinski definition) is 8. The minimum Gasteiger partial charge on any atom is -0.318 e. The van der Waals surface area contributed by atoms with Gasteiger partial charge in [-0.15, -0.1) is 11.3 Å². The molecule has 12 heteroatoms. The van der Waals surface area contributed by atoms with Gasteiger partial charge in [-0.05, 0) is 51.4 Å². The molecule has 8 rings (SSSR count). The van der Waals surface area contributed by atoms with Crippen LogP contribution in [-0.4, -0.2) is 42.0 Å². The molecule has 0 fully saturated rings. The van der Waals surface area contributed by atoms with Gasteiger partial charge in [0.1, 0.15) is 24.2 Å². The van der Waals surface area contributed by atoms with Crippen molar-refractivity contribution < 1.29 is 14.4 Å². The average molecular weight is 694 g/mol. The van der Waals surface area contributed by atoms with E-state index in [1.807, 2.05) is 61.7 Å². The maximum atomic E-state index is 12.4. The molecule has 2 unspecified atom stereocenters. The number of aromatic nitrogens is 5. The molecule has 2 atom stereocenters. The van der Waals surface area contributed by atoms with E-state index in [1.165, 1.54) is 17.7 Å². The Kier molecular flexibility index (Phi) is 8.47. The van der Waals surface area contributed by atoms with Gasteiger partial charge in [-0.2, -0.15) is 0 Å². The van der Waals surface area contributed by atoms with Gasteiger partial charge >= 0.3 is 0 Å². The number of halogens is 2. The third kappa shape index (κ3) is 5.94. The number of carbonyl (C=O) groups is 3. The molecule has 238 valence electrons. The summed E-state index contributed by atoms with van der Waals surface area (Å²) >= 11 is 13.4. The number of benzene rings is 3. The van der Waals surface area contributed by atoms with Crippen molar-refractivity contribution >= 4 is 80.5 Å². The molecule has 9 nitrogen and oxygen atoms in total. The molecule has 0 radical (unpaired) electrons. The summed E-state index contributed by atoms with van der Waals surface area (Å²) in [6.07, 6.45) is 8.32. The number of thiazole rings is 1. The number of carbonyl (C=O) groups excluding carboxylic acids is 3. The van der Waals surface area contributed by atoms with E-state index in [2.05, 4.69) is 25.3 Å². The predicted molar refractivity (Wildman–Crippen MR) is 188 cm³/mol. The summed E-state index contributed by atoms with van der Waals surface area (Å²) in [4.78, 5) is 53.5. The van der Waals surface area contributed by atoms with Crippen LogP contribution in [-0.2, 0) is 16.1 Å². The number of Topliss-reactive ketones (excluding diaryl/α,β-unsaturated/α-hetero) is 2. The van der Waals surface area contributed by atoms with Gasteiger partial charge in [0, 0.05) is 33.4 Å². The van der Waals surface area contributed by atoms with E-state index in [-0.39, 0.29) is 35.9 Å². The van der Waals surface area contributed by atoms with Crippen LogP contribution in [0.3, 0.4) is 0 Å². The highest BCUT2D eigenvalue weighted by molar-refractivity contribution is 7.14. The topological polar surface area (TPSA) is 120 Å². The average Bonchev–Trinajstić information content (AvgIpc) is 3.71. The molecule has 0 saturated carbocycles. The van der Waals surface area contributed by atoms with Gasteiger partial charge in [0.05, 0.1) is 23.2 Å². The molecule has 3 aromatic heterocycles. The van der Waals surface area contributed by atoms with Gasteiger partial charge in [0.25, 0.3) is 0 Å². The zero-order chi connectivity index (χ0) is 33.5. The summed E-state index contributed by atoms with van der Waals surface area (Å²) in [5.74, 6) is -0.149. The zero-order valence-corrected chi connectivity index (χ0v) is 28.0. The van der Waals surface area contributed by atoms with Crippen LogP contribution < -0.4 is 15.8 Å². The Morgan fingerprint density at radius 1 is 0.958 bits per heavy atom. The predicted octanol–water partition coefficient (Wildman–Crippen LogP) is 6.33. The van der Waals surface area contributed by atoms with Crippen molar-refractivity contribution in [1.82, 2.24) is 24.5 Å². The molecule has 2 aliphatic carbocycles. The Balaban J connectivity index is 0.000000154. The van der Waals surface area contributed by atoms with Gasteiger partial charge in [0.2, 0.25) is 5.91 Å². The summed E-state index contributed by atoms with van der Waals surface area (Å²) in [5, 5.41) is 8.16. The largest absolute Gasteiger partial charge is 0.318 e. The van der Waals surface area contributed by atoms with Crippen molar-refractivity contribution in [3.8, 4) is 22.4 Å². The smallest absolute Gasteiger partial charge is 0.246 e. The molecule has 2 aliphatic rings. The first-order chi connectivity index (χ1) is 23.2. The van der Waals surface area contributed by atoms with Crippen molar-refractivity contribution in [3.05, 3.63) is 110 Å². The first kappa shape index (κ1) is 31.6. The van der Waals surface area contributed by atoms with Crippen LogP contribution in [0.15, 0.2) is 78.8 Å². The van der Waals surface area contributed by atoms with E-state index >= 15 is 0 Å². The van der Waals surface area contributed by atoms with E-state index in [9.17, 15) is 14.4 Å². The Hall–Kier alpha value is -5.03. The van der Waals surface area contributed by atoms with Crippen LogP contribution in [0.1, 0.15) is 35.7 Å². The molecular weight excluding hydrogens is 667 g/mol. The van der Waals surface area contributed by atoms with Crippen molar-refractivity contribution in [2.45, 2.75) is 26.3 Å². The molecule has 0 aliphatic heterocycles. The number of nitrogens with one attached hydrogen (secondary N) is 1. The van der Waals surface area contributed by atoms with E-state index in [1.54, 1.807) is 41.4 Å². The van der Waals surface area contributed by atoms with E-state index < -0.39 is 0 Å². The molecule has 6 aromatic rings. The lowest BCUT2D eigenvalue weighted by atomic mass is 9.79. The van der Waals surface area contributed by atoms with Gasteiger partial charge in [-0.1, -0.05) is 79.5 Å². The number of hydrogen-bond donors (Lipinski definition) is 1. The number of nitrogens with zero attached hydrogens (tertiary/aromatic N) is 5. The van der Waals surface area contributed by atoms with Gasteiger partial charge < -0.3 is 9.88 Å². The molecule has 0 bridgehead atoms. The summed E-state index contributed by atoms with van der Waals surface area (Å²) in [6.45, 7) is 3.97. The highest BCUT2D eigenvalue weighted by atomic mass is 35.5. The van der Waals surface area contributed by atoms with E-state index in [0.717, 1.165) is 38.3 Å². The van der Waals surface area contributed by atoms with Gasteiger partial charge in [0.15, 0.2) is 16.6 Å². The van der Waals surface area contributed by atoms with E-state index in [0.29, 0.717) is 32.0 Å². The standard InChI is InChI=1S/C20H16O2.C16H10Cl2N6OS/c1-11-9-17-13(12(2)20(11)22)7-8-15-14-5-3-4-6-16(14)19(21)10-18(15)17;17-9-1-2-10(11(18)3-9)12-6-26-16(22-12)23-14(25)5-24-8-21-15-13(24)4-19-7-20-15/h3-12H,1-2H3;1-4,6-8H,5H2,(H,22,23,25). The Morgan fingerprint density at radius 2 is 1.75 bits per heavy atom. The summed E-state index contributed by atoms with van der Waals surface area (Å²) in [7, 11) is 0. The summed E-state index contributed by atoms with van der Waals surface area (Å²) < 4.78 is 1.68. The Bertz CT molecular complexity index is 2400. The Morgan fingerprint density at radius 3 is 2.56 bits per heavy atom. The third-order valence-corrected chi connectivity index (χ3v) is 9.72. The summed E-state index contributed by atoms with van der Waals surface area (Å²) in [5.41, 5.74) is 6.52. The van der Waals surface area contributed by atoms with Crippen LogP contribution in [0.4, 0.5) is 5.13 Å². The minimum atomic E-state index is -0.226. The minimum absolute atomic E-state index is 0.0436. The molecule has 0 spiro atoms. The SMILES string of the molecule is CC1C=c2c(ccc3c2=CC(=O)c2ccccc2-3)C(C)C1=O.O=C(Cn1cnc2ncncc21)Nc1nc(-c2ccc(Cl)cc2Cl)cs1. The zero-order valence-electron chi connectivity index (χ0n) is 25.6. The quantitative estimate of drug-likeness (QED) is 0.229. The van der Waals surface area contributed by atoms with Crippen molar-refractivity contribution in [2.24, 2.45) is 5.92 Å². The van der Waals surface area contributed by atoms with Crippen molar-refractivity contribution in [2.75, 3.05) is 5.32 Å². The number of fused-ring (bicyclic) bond motifs is 6. The molecule has 3 aromatic carbocycles. The number of amides is 1. The summed E-state index contributed by atoms with van der Waals surface area (Å²) in [6, 6.07) is 17.0. The first-order valence-corrected chi connectivity index (χ1v) is 16.7. The monoisotopic (exact) mass is 692 g/mol. The van der Waals surface area contributed by atoms with Crippen LogP contribution in [0.2, 0.25) is 10.0 Å². The fourth-order valence-corrected chi connectivity index (χ4v) is 7.26. The number of imidazole rings is 1. The lowest BCUT2D eigenvalue weighted by Gasteiger charge is -2.23. The maximum absolute atomic E-state index is 12.4. The molecule has 48 heavy (non-hydrogen) atoms. The highest BCUT2D eigenvalue weighted by Crippen LogP contribution is 2.32. The number of anilines is 1. The fraction of sp³-hybridized carbons (Fsp3) is 0.139. The lowest BCUT2D eigenvalue weighted by molar-refractivity contribution is -0.122. The number of rotatable bonds is 4. The normalized spacial score (nSPS) is 16.1. The van der Waals surface area contributed by atoms with Gasteiger partial charge in [-0.3, -0.25) is 14.4 Å². The van der Waals surface area contributed by atoms with Crippen LogP contribution in [0, 0.1) is 5.92 Å². The van der Waals surface area contributed by atoms with Crippen LogP contribution >= 0.6 is 34.5 Å². The second-order valence-corrected chi connectivity index (χ2v) is 13.2. The maximum Gasteiger partial charge on any atom is 0.246 e. The number of ketones is 2. The third-order valence-electron chi connectivity index (χ3n) is 8.41. The van der Waals surface area contributed by atoms with Crippen molar-refractivity contribution in [3.63, 3.8) is 0 Å². The highest BCUT2D eigenvalue weighted by Gasteiger charge is 2.27. The van der Waals surface area contributed by atoms with Crippen LogP contribution in [0.5, 0.6) is 0 Å². The molecule has 1 amide bonds. The Labute approximate surface area is 288 Å². The first-order valence-electron chi connectivity index (χ1n) is 15.0. The van der Waals surface area contributed by atoms with Gasteiger partial charge in [-0.25, -0.2) is 19.9 Å². The molecular formula is C36H26Cl2N6O3S. The van der Waals surface area contributed by atoms with Crippen LogP contribution in [0.25, 0.3) is 45.7 Å². The molecule has 0 saturated heterocycles. The van der Waals surface area contributed by atoms with E-state index in [4.69, 9.17) is 23.2 Å².